The van der Waals surface area contributed by atoms with Crippen molar-refractivity contribution in [3.05, 3.63) is 40.5 Å². The minimum Gasteiger partial charge on any atom is -0.476 e. The van der Waals surface area contributed by atoms with Gasteiger partial charge in [0, 0.05) is 17.6 Å². The summed E-state index contributed by atoms with van der Waals surface area (Å²) in [5.41, 5.74) is 2.59. The highest BCUT2D eigenvalue weighted by Crippen LogP contribution is 2.25. The minimum atomic E-state index is -1.04. The van der Waals surface area contributed by atoms with Crippen molar-refractivity contribution >= 4 is 17.6 Å². The number of hydrogen-bond donors (Lipinski definition) is 1. The molecule has 4 nitrogen and oxygen atoms in total. The first kappa shape index (κ1) is 11.7. The molecule has 0 atom stereocenters. The lowest BCUT2D eigenvalue weighted by molar-refractivity contribution is 0.0689. The summed E-state index contributed by atoms with van der Waals surface area (Å²) in [5.74, 6) is -1.04. The van der Waals surface area contributed by atoms with Crippen LogP contribution in [0.4, 0.5) is 0 Å². The van der Waals surface area contributed by atoms with Gasteiger partial charge in [-0.15, -0.1) is 0 Å². The Balaban J connectivity index is 2.52. The van der Waals surface area contributed by atoms with E-state index in [0.29, 0.717) is 5.02 Å². The molecule has 0 aliphatic rings. The number of aryl methyl sites for hydroxylation is 2. The molecule has 1 heterocycles. The van der Waals surface area contributed by atoms with Gasteiger partial charge >= 0.3 is 5.97 Å². The Kier molecular flexibility index (Phi) is 2.90. The second-order valence-corrected chi connectivity index (χ2v) is 4.21. The molecule has 88 valence electrons. The SMILES string of the molecule is Cc1ccc(-c2cc(C(=O)O)nn2C)cc1Cl. The smallest absolute Gasteiger partial charge is 0.356 e. The number of halogens is 1. The quantitative estimate of drug-likeness (QED) is 0.892. The van der Waals surface area contributed by atoms with Gasteiger partial charge in [-0.2, -0.15) is 5.10 Å². The Morgan fingerprint density at radius 2 is 2.12 bits per heavy atom. The van der Waals surface area contributed by atoms with E-state index in [1.165, 1.54) is 10.7 Å². The maximum Gasteiger partial charge on any atom is 0.356 e. The van der Waals surface area contributed by atoms with Gasteiger partial charge < -0.3 is 5.11 Å². The molecule has 1 N–H and O–H groups in total. The van der Waals surface area contributed by atoms with Crippen LogP contribution in [0.3, 0.4) is 0 Å². The van der Waals surface area contributed by atoms with Crippen molar-refractivity contribution in [3.8, 4) is 11.3 Å². The average molecular weight is 251 g/mol. The predicted molar refractivity (Wildman–Crippen MR) is 65.4 cm³/mol. The van der Waals surface area contributed by atoms with Gasteiger partial charge in [0.15, 0.2) is 5.69 Å². The number of carboxylic acids is 1. The van der Waals surface area contributed by atoms with Crippen LogP contribution in [0.1, 0.15) is 16.1 Å². The van der Waals surface area contributed by atoms with E-state index in [1.54, 1.807) is 13.1 Å². The monoisotopic (exact) mass is 250 g/mol. The first-order valence-corrected chi connectivity index (χ1v) is 5.40. The summed E-state index contributed by atoms with van der Waals surface area (Å²) in [4.78, 5) is 10.8. The van der Waals surface area contributed by atoms with Crippen LogP contribution in [0.2, 0.25) is 5.02 Å². The topological polar surface area (TPSA) is 55.1 Å². The van der Waals surface area contributed by atoms with E-state index in [2.05, 4.69) is 5.10 Å². The molecular formula is C12H11ClN2O2. The van der Waals surface area contributed by atoms with E-state index in [4.69, 9.17) is 16.7 Å². The summed E-state index contributed by atoms with van der Waals surface area (Å²) in [6.45, 7) is 1.91. The van der Waals surface area contributed by atoms with Crippen LogP contribution >= 0.6 is 11.6 Å². The molecule has 0 saturated heterocycles. The van der Waals surface area contributed by atoms with Crippen LogP contribution in [0.5, 0.6) is 0 Å². The van der Waals surface area contributed by atoms with Crippen molar-refractivity contribution < 1.29 is 9.90 Å². The predicted octanol–water partition coefficient (Wildman–Crippen LogP) is 2.75. The van der Waals surface area contributed by atoms with E-state index in [9.17, 15) is 4.79 Å². The first-order chi connectivity index (χ1) is 7.99. The number of rotatable bonds is 2. The van der Waals surface area contributed by atoms with Crippen LogP contribution in [0, 0.1) is 6.92 Å². The van der Waals surface area contributed by atoms with Gasteiger partial charge in [-0.3, -0.25) is 4.68 Å². The third-order valence-electron chi connectivity index (χ3n) is 2.57. The fourth-order valence-electron chi connectivity index (χ4n) is 1.59. The van der Waals surface area contributed by atoms with Gasteiger partial charge in [-0.1, -0.05) is 23.7 Å². The van der Waals surface area contributed by atoms with Crippen LogP contribution in [0.25, 0.3) is 11.3 Å². The van der Waals surface area contributed by atoms with E-state index < -0.39 is 5.97 Å². The number of carbonyl (C=O) groups is 1. The van der Waals surface area contributed by atoms with Crippen LogP contribution in [-0.2, 0) is 7.05 Å². The first-order valence-electron chi connectivity index (χ1n) is 5.03. The fourth-order valence-corrected chi connectivity index (χ4v) is 1.77. The maximum absolute atomic E-state index is 10.8. The second-order valence-electron chi connectivity index (χ2n) is 3.81. The lowest BCUT2D eigenvalue weighted by Crippen LogP contribution is -1.99. The molecule has 1 aromatic heterocycles. The molecule has 5 heteroatoms. The molecule has 0 aliphatic heterocycles. The van der Waals surface area contributed by atoms with Gasteiger partial charge in [-0.25, -0.2) is 4.79 Å². The number of benzene rings is 1. The molecule has 0 amide bonds. The molecule has 17 heavy (non-hydrogen) atoms. The third-order valence-corrected chi connectivity index (χ3v) is 2.97. The van der Waals surface area contributed by atoms with Crippen molar-refractivity contribution in [2.24, 2.45) is 7.05 Å². The normalized spacial score (nSPS) is 10.5. The zero-order valence-corrected chi connectivity index (χ0v) is 10.2. The molecular weight excluding hydrogens is 240 g/mol. The highest BCUT2D eigenvalue weighted by atomic mass is 35.5. The van der Waals surface area contributed by atoms with Crippen molar-refractivity contribution in [1.82, 2.24) is 9.78 Å². The lowest BCUT2D eigenvalue weighted by atomic mass is 10.1. The van der Waals surface area contributed by atoms with E-state index >= 15 is 0 Å². The lowest BCUT2D eigenvalue weighted by Gasteiger charge is -2.04. The Morgan fingerprint density at radius 3 is 2.65 bits per heavy atom. The van der Waals surface area contributed by atoms with E-state index in [1.807, 2.05) is 19.1 Å². The molecule has 0 aliphatic carbocycles. The molecule has 2 aromatic rings. The Labute approximate surface area is 103 Å². The number of nitrogens with zero attached hydrogens (tertiary/aromatic N) is 2. The van der Waals surface area contributed by atoms with Gasteiger partial charge in [-0.05, 0) is 24.6 Å². The van der Waals surface area contributed by atoms with Gasteiger partial charge in [0.05, 0.1) is 5.69 Å². The third kappa shape index (κ3) is 2.17. The number of carboxylic acid groups (broad SMARTS) is 1. The number of aromatic nitrogens is 2. The molecule has 0 spiro atoms. The fraction of sp³-hybridized carbons (Fsp3) is 0.167. The Bertz CT molecular complexity index is 590. The number of aromatic carboxylic acids is 1. The molecule has 0 fully saturated rings. The van der Waals surface area contributed by atoms with E-state index in [-0.39, 0.29) is 5.69 Å². The highest BCUT2D eigenvalue weighted by molar-refractivity contribution is 6.31. The van der Waals surface area contributed by atoms with E-state index in [0.717, 1.165) is 16.8 Å². The molecule has 1 aromatic carbocycles. The molecule has 0 unspecified atom stereocenters. The van der Waals surface area contributed by atoms with Crippen molar-refractivity contribution in [1.29, 1.82) is 0 Å². The largest absolute Gasteiger partial charge is 0.476 e. The zero-order chi connectivity index (χ0) is 12.6. The molecule has 0 saturated carbocycles. The summed E-state index contributed by atoms with van der Waals surface area (Å²) in [7, 11) is 1.70. The van der Waals surface area contributed by atoms with Crippen LogP contribution in [0.15, 0.2) is 24.3 Å². The molecule has 2 rings (SSSR count). The highest BCUT2D eigenvalue weighted by Gasteiger charge is 2.12. The molecule has 0 bridgehead atoms. The zero-order valence-electron chi connectivity index (χ0n) is 9.44. The van der Waals surface area contributed by atoms with Gasteiger partial charge in [0.1, 0.15) is 0 Å². The summed E-state index contributed by atoms with van der Waals surface area (Å²) >= 11 is 6.04. The second kappa shape index (κ2) is 4.22. The Hall–Kier alpha value is -1.81. The number of hydrogen-bond acceptors (Lipinski definition) is 2. The van der Waals surface area contributed by atoms with Gasteiger partial charge in [0.25, 0.3) is 0 Å². The summed E-state index contributed by atoms with van der Waals surface area (Å²) in [5, 5.41) is 13.4. The summed E-state index contributed by atoms with van der Waals surface area (Å²) in [6.07, 6.45) is 0. The maximum atomic E-state index is 10.8. The Morgan fingerprint density at radius 1 is 1.41 bits per heavy atom. The van der Waals surface area contributed by atoms with Gasteiger partial charge in [0.2, 0.25) is 0 Å². The van der Waals surface area contributed by atoms with Crippen molar-refractivity contribution in [3.63, 3.8) is 0 Å². The van der Waals surface area contributed by atoms with Crippen LogP contribution in [-0.4, -0.2) is 20.9 Å². The van der Waals surface area contributed by atoms with Crippen molar-refractivity contribution in [2.75, 3.05) is 0 Å². The molecule has 0 radical (unpaired) electrons. The standard InChI is InChI=1S/C12H11ClN2O2/c1-7-3-4-8(5-9(7)13)11-6-10(12(16)17)14-15(11)2/h3-6H,1-2H3,(H,16,17). The minimum absolute atomic E-state index is 0.0270. The average Bonchev–Trinajstić information content (AvgIpc) is 2.65. The van der Waals surface area contributed by atoms with Crippen molar-refractivity contribution in [2.45, 2.75) is 6.92 Å². The van der Waals surface area contributed by atoms with Crippen LogP contribution < -0.4 is 0 Å². The summed E-state index contributed by atoms with van der Waals surface area (Å²) < 4.78 is 1.53. The summed E-state index contributed by atoms with van der Waals surface area (Å²) in [6, 6.07) is 7.12.